The number of aryl methyl sites for hydroxylation is 1. The van der Waals surface area contributed by atoms with Gasteiger partial charge in [0, 0.05) is 23.4 Å². The molecule has 4 rings (SSSR count). The molecule has 0 bridgehead atoms. The number of carbonyl (C=O) groups excluding carboxylic acids is 1. The lowest BCUT2D eigenvalue weighted by Gasteiger charge is -2.30. The average Bonchev–Trinajstić information content (AvgIpc) is 3.11. The summed E-state index contributed by atoms with van der Waals surface area (Å²) in [7, 11) is 0. The molecule has 1 fully saturated rings. The molecular weight excluding hydrogens is 374 g/mol. The number of fused-ring (bicyclic) bond motifs is 1. The van der Waals surface area contributed by atoms with Crippen molar-refractivity contribution < 1.29 is 4.79 Å². The molecule has 3 aromatic rings. The fourth-order valence-corrected chi connectivity index (χ4v) is 5.43. The number of thiophene rings is 1. The van der Waals surface area contributed by atoms with Crippen LogP contribution in [0.5, 0.6) is 0 Å². The van der Waals surface area contributed by atoms with Gasteiger partial charge in [-0.1, -0.05) is 49.0 Å². The van der Waals surface area contributed by atoms with Crippen molar-refractivity contribution in [3.63, 3.8) is 0 Å². The molecule has 0 saturated carbocycles. The lowest BCUT2D eigenvalue weighted by molar-refractivity contribution is -0.129. The zero-order valence-electron chi connectivity index (χ0n) is 15.6. The number of thioether (sulfide) groups is 1. The predicted molar refractivity (Wildman–Crippen MR) is 113 cm³/mol. The van der Waals surface area contributed by atoms with Crippen LogP contribution in [0.2, 0.25) is 0 Å². The van der Waals surface area contributed by atoms with E-state index in [0.29, 0.717) is 5.75 Å². The molecule has 3 heterocycles. The summed E-state index contributed by atoms with van der Waals surface area (Å²) in [6.45, 7) is 5.95. The van der Waals surface area contributed by atoms with Crippen LogP contribution < -0.4 is 0 Å². The second kappa shape index (κ2) is 7.98. The van der Waals surface area contributed by atoms with Crippen molar-refractivity contribution in [2.24, 2.45) is 5.92 Å². The topological polar surface area (TPSA) is 46.1 Å². The number of likely N-dealkylation sites (tertiary alicyclic amines) is 1. The Morgan fingerprint density at radius 3 is 2.70 bits per heavy atom. The highest BCUT2D eigenvalue weighted by atomic mass is 32.2. The Kier molecular flexibility index (Phi) is 5.45. The van der Waals surface area contributed by atoms with Crippen molar-refractivity contribution in [2.45, 2.75) is 31.7 Å². The summed E-state index contributed by atoms with van der Waals surface area (Å²) in [5.41, 5.74) is 1.19. The van der Waals surface area contributed by atoms with E-state index in [9.17, 15) is 4.79 Å². The minimum absolute atomic E-state index is 0.217. The molecule has 1 aliphatic rings. The zero-order chi connectivity index (χ0) is 18.8. The van der Waals surface area contributed by atoms with E-state index in [0.717, 1.165) is 52.9 Å². The summed E-state index contributed by atoms with van der Waals surface area (Å²) < 4.78 is 0. The Morgan fingerprint density at radius 1 is 1.22 bits per heavy atom. The van der Waals surface area contributed by atoms with E-state index in [1.807, 2.05) is 30.0 Å². The number of hydrogen-bond donors (Lipinski definition) is 0. The first kappa shape index (κ1) is 18.4. The summed E-state index contributed by atoms with van der Waals surface area (Å²) >= 11 is 3.22. The highest BCUT2D eigenvalue weighted by molar-refractivity contribution is 8.00. The van der Waals surface area contributed by atoms with Crippen LogP contribution in [0.25, 0.3) is 20.7 Å². The van der Waals surface area contributed by atoms with Gasteiger partial charge in [-0.05, 0) is 37.3 Å². The molecule has 0 radical (unpaired) electrons. The third-order valence-corrected chi connectivity index (χ3v) is 7.05. The molecule has 2 aromatic heterocycles. The van der Waals surface area contributed by atoms with Crippen molar-refractivity contribution in [3.8, 4) is 10.4 Å². The van der Waals surface area contributed by atoms with E-state index in [1.165, 1.54) is 22.2 Å². The van der Waals surface area contributed by atoms with Gasteiger partial charge in [-0.15, -0.1) is 11.3 Å². The van der Waals surface area contributed by atoms with Crippen molar-refractivity contribution >= 4 is 39.2 Å². The largest absolute Gasteiger partial charge is 0.342 e. The van der Waals surface area contributed by atoms with Crippen molar-refractivity contribution in [1.82, 2.24) is 14.9 Å². The minimum Gasteiger partial charge on any atom is -0.342 e. The van der Waals surface area contributed by atoms with Gasteiger partial charge in [-0.25, -0.2) is 9.97 Å². The number of nitrogens with zero attached hydrogens (tertiary/aromatic N) is 3. The number of benzene rings is 1. The highest BCUT2D eigenvalue weighted by Crippen LogP contribution is 2.36. The zero-order valence-corrected chi connectivity index (χ0v) is 17.3. The molecule has 4 nitrogen and oxygen atoms in total. The van der Waals surface area contributed by atoms with Crippen LogP contribution in [0, 0.1) is 12.8 Å². The van der Waals surface area contributed by atoms with Gasteiger partial charge in [0.05, 0.1) is 5.75 Å². The first-order chi connectivity index (χ1) is 13.1. The van der Waals surface area contributed by atoms with Crippen LogP contribution in [-0.4, -0.2) is 39.6 Å². The summed E-state index contributed by atoms with van der Waals surface area (Å²) in [6.07, 6.45) is 2.22. The molecule has 1 amide bonds. The van der Waals surface area contributed by atoms with E-state index in [-0.39, 0.29) is 5.91 Å². The van der Waals surface area contributed by atoms with Crippen LogP contribution in [0.15, 0.2) is 41.4 Å². The Hall–Kier alpha value is -1.92. The van der Waals surface area contributed by atoms with Gasteiger partial charge in [0.25, 0.3) is 0 Å². The fourth-order valence-electron chi connectivity index (χ4n) is 3.33. The van der Waals surface area contributed by atoms with Gasteiger partial charge in [0.1, 0.15) is 15.7 Å². The maximum absolute atomic E-state index is 12.6. The SMILES string of the molecule is Cc1nc(SCC(=O)N2CCC(C)CC2)c2cc(-c3ccccc3)sc2n1. The molecule has 0 unspecified atom stereocenters. The van der Waals surface area contributed by atoms with Gasteiger partial charge in [0.15, 0.2) is 0 Å². The predicted octanol–water partition coefficient (Wildman–Crippen LogP) is 5.02. The lowest BCUT2D eigenvalue weighted by atomic mass is 9.99. The van der Waals surface area contributed by atoms with E-state index >= 15 is 0 Å². The van der Waals surface area contributed by atoms with E-state index in [2.05, 4.69) is 35.1 Å². The Labute approximate surface area is 168 Å². The first-order valence-corrected chi connectivity index (χ1v) is 11.1. The molecule has 27 heavy (non-hydrogen) atoms. The van der Waals surface area contributed by atoms with Crippen LogP contribution in [-0.2, 0) is 4.79 Å². The highest BCUT2D eigenvalue weighted by Gasteiger charge is 2.21. The quantitative estimate of drug-likeness (QED) is 0.458. The molecule has 1 aliphatic heterocycles. The van der Waals surface area contributed by atoms with Gasteiger partial charge in [0.2, 0.25) is 5.91 Å². The van der Waals surface area contributed by atoms with Gasteiger partial charge < -0.3 is 4.90 Å². The molecular formula is C21H23N3OS2. The van der Waals surface area contributed by atoms with Crippen molar-refractivity contribution in [3.05, 3.63) is 42.2 Å². The Morgan fingerprint density at radius 2 is 1.96 bits per heavy atom. The van der Waals surface area contributed by atoms with Crippen LogP contribution in [0.3, 0.4) is 0 Å². The summed E-state index contributed by atoms with van der Waals surface area (Å²) in [5.74, 6) is 2.14. The summed E-state index contributed by atoms with van der Waals surface area (Å²) in [5, 5.41) is 1.96. The van der Waals surface area contributed by atoms with Crippen LogP contribution in [0.4, 0.5) is 0 Å². The molecule has 1 aromatic carbocycles. The first-order valence-electron chi connectivity index (χ1n) is 9.34. The molecule has 0 spiro atoms. The molecule has 1 saturated heterocycles. The van der Waals surface area contributed by atoms with Crippen molar-refractivity contribution in [1.29, 1.82) is 0 Å². The number of piperidine rings is 1. The Balaban J connectivity index is 1.54. The average molecular weight is 398 g/mol. The number of aromatic nitrogens is 2. The number of rotatable bonds is 4. The van der Waals surface area contributed by atoms with E-state index < -0.39 is 0 Å². The third kappa shape index (κ3) is 4.17. The molecule has 0 aliphatic carbocycles. The lowest BCUT2D eigenvalue weighted by Crippen LogP contribution is -2.38. The molecule has 140 valence electrons. The number of hydrogen-bond acceptors (Lipinski definition) is 5. The summed E-state index contributed by atoms with van der Waals surface area (Å²) in [4.78, 5) is 26.0. The second-order valence-corrected chi connectivity index (χ2v) is 9.12. The Bertz CT molecular complexity index is 947. The molecule has 0 atom stereocenters. The van der Waals surface area contributed by atoms with Gasteiger partial charge in [-0.2, -0.15) is 0 Å². The second-order valence-electron chi connectivity index (χ2n) is 7.12. The third-order valence-electron chi connectivity index (χ3n) is 5.00. The van der Waals surface area contributed by atoms with E-state index in [1.54, 1.807) is 11.3 Å². The molecule has 0 N–H and O–H groups in total. The smallest absolute Gasteiger partial charge is 0.232 e. The van der Waals surface area contributed by atoms with Crippen molar-refractivity contribution in [2.75, 3.05) is 18.8 Å². The monoisotopic (exact) mass is 397 g/mol. The maximum atomic E-state index is 12.6. The number of amides is 1. The standard InChI is InChI=1S/C21H23N3OS2/c1-14-8-10-24(11-9-14)19(25)13-26-20-17-12-18(16-6-4-3-5-7-16)27-21(17)23-15(2)22-20/h3-7,12,14H,8-11,13H2,1-2H3. The summed E-state index contributed by atoms with van der Waals surface area (Å²) in [6, 6.07) is 12.5. The number of carbonyl (C=O) groups is 1. The molecule has 6 heteroatoms. The van der Waals surface area contributed by atoms with Crippen LogP contribution in [0.1, 0.15) is 25.6 Å². The normalized spacial score (nSPS) is 15.4. The van der Waals surface area contributed by atoms with Gasteiger partial charge in [-0.3, -0.25) is 4.79 Å². The fraction of sp³-hybridized carbons (Fsp3) is 0.381. The van der Waals surface area contributed by atoms with Gasteiger partial charge >= 0.3 is 0 Å². The van der Waals surface area contributed by atoms with Crippen LogP contribution >= 0.6 is 23.1 Å². The maximum Gasteiger partial charge on any atom is 0.232 e. The van der Waals surface area contributed by atoms with E-state index in [4.69, 9.17) is 0 Å². The minimum atomic E-state index is 0.217.